The normalized spacial score (nSPS) is 14.6. The molecule has 5 heteroatoms. The van der Waals surface area contributed by atoms with Crippen molar-refractivity contribution < 1.29 is 9.90 Å². The smallest absolute Gasteiger partial charge is 0.347 e. The van der Waals surface area contributed by atoms with Gasteiger partial charge in [0, 0.05) is 18.0 Å². The summed E-state index contributed by atoms with van der Waals surface area (Å²) in [5.41, 5.74) is 8.35. The molecule has 2 aromatic rings. The van der Waals surface area contributed by atoms with Crippen LogP contribution in [0.3, 0.4) is 0 Å². The first-order valence-corrected chi connectivity index (χ1v) is 7.04. The molecule has 4 nitrogen and oxygen atoms in total. The van der Waals surface area contributed by atoms with Gasteiger partial charge in [0.2, 0.25) is 0 Å². The van der Waals surface area contributed by atoms with E-state index in [0.29, 0.717) is 17.3 Å². The number of aromatic carboxylic acids is 1. The Morgan fingerprint density at radius 3 is 2.89 bits per heavy atom. The summed E-state index contributed by atoms with van der Waals surface area (Å²) in [4.78, 5) is 16.2. The van der Waals surface area contributed by atoms with Crippen LogP contribution in [0.15, 0.2) is 24.3 Å². The van der Waals surface area contributed by atoms with Crippen LogP contribution in [0.1, 0.15) is 39.7 Å². The van der Waals surface area contributed by atoms with Crippen molar-refractivity contribution in [3.63, 3.8) is 0 Å². The zero-order chi connectivity index (χ0) is 13.4. The van der Waals surface area contributed by atoms with Crippen LogP contribution in [0.5, 0.6) is 0 Å². The minimum absolute atomic E-state index is 0.341. The Labute approximate surface area is 114 Å². The molecule has 0 spiro atoms. The van der Waals surface area contributed by atoms with Gasteiger partial charge >= 0.3 is 5.97 Å². The summed E-state index contributed by atoms with van der Waals surface area (Å²) in [6.45, 7) is 0.473. The second-order valence-electron chi connectivity index (χ2n) is 4.72. The summed E-state index contributed by atoms with van der Waals surface area (Å²) in [6.07, 6.45) is 2.10. The van der Waals surface area contributed by atoms with Gasteiger partial charge in [0.15, 0.2) is 0 Å². The molecule has 0 saturated heterocycles. The number of nitrogens with zero attached hydrogens (tertiary/aromatic N) is 1. The molecule has 0 radical (unpaired) electrons. The second-order valence-corrected chi connectivity index (χ2v) is 5.72. The van der Waals surface area contributed by atoms with Crippen LogP contribution in [0.2, 0.25) is 0 Å². The molecule has 0 atom stereocenters. The summed E-state index contributed by atoms with van der Waals surface area (Å²) < 4.78 is 0. The minimum Gasteiger partial charge on any atom is -0.477 e. The molecule has 1 aliphatic carbocycles. The fourth-order valence-corrected chi connectivity index (χ4v) is 3.06. The lowest BCUT2D eigenvalue weighted by molar-refractivity contribution is 0.0700. The molecular formula is C14H14N2O2S. The van der Waals surface area contributed by atoms with Gasteiger partial charge < -0.3 is 10.8 Å². The fraction of sp³-hybridized carbons (Fsp3) is 0.286. The van der Waals surface area contributed by atoms with Gasteiger partial charge in [-0.25, -0.2) is 9.78 Å². The molecule has 1 saturated carbocycles. The molecule has 0 amide bonds. The van der Waals surface area contributed by atoms with Gasteiger partial charge in [0.1, 0.15) is 9.88 Å². The number of hydrogen-bond donors (Lipinski definition) is 2. The van der Waals surface area contributed by atoms with Crippen LogP contribution in [0.25, 0.3) is 10.6 Å². The van der Waals surface area contributed by atoms with Crippen LogP contribution in [0, 0.1) is 0 Å². The minimum atomic E-state index is -0.874. The Bertz CT molecular complexity index is 632. The number of nitrogens with two attached hydrogens (primary N) is 1. The lowest BCUT2D eigenvalue weighted by Gasteiger charge is -1.99. The highest BCUT2D eigenvalue weighted by Crippen LogP contribution is 2.44. The molecule has 1 aromatic carbocycles. The Kier molecular flexibility index (Phi) is 3.08. The quantitative estimate of drug-likeness (QED) is 0.898. The second kappa shape index (κ2) is 4.75. The van der Waals surface area contributed by atoms with Gasteiger partial charge in [-0.3, -0.25) is 0 Å². The Balaban J connectivity index is 2.04. The molecule has 19 heavy (non-hydrogen) atoms. The summed E-state index contributed by atoms with van der Waals surface area (Å²) in [5.74, 6) is -0.533. The summed E-state index contributed by atoms with van der Waals surface area (Å²) in [6, 6.07) is 7.80. The predicted molar refractivity (Wildman–Crippen MR) is 74.4 cm³/mol. The van der Waals surface area contributed by atoms with Gasteiger partial charge in [-0.05, 0) is 24.5 Å². The van der Waals surface area contributed by atoms with Crippen molar-refractivity contribution in [2.24, 2.45) is 5.73 Å². The maximum absolute atomic E-state index is 11.3. The van der Waals surface area contributed by atoms with E-state index in [1.165, 1.54) is 11.3 Å². The number of carbonyl (C=O) groups is 1. The third-order valence-electron chi connectivity index (χ3n) is 3.22. The average Bonchev–Trinajstić information content (AvgIpc) is 3.17. The molecule has 1 aliphatic rings. The van der Waals surface area contributed by atoms with E-state index in [4.69, 9.17) is 5.73 Å². The lowest BCUT2D eigenvalue weighted by Crippen LogP contribution is -1.97. The molecule has 1 aromatic heterocycles. The number of hydrogen-bond acceptors (Lipinski definition) is 4. The van der Waals surface area contributed by atoms with Crippen molar-refractivity contribution in [1.29, 1.82) is 0 Å². The van der Waals surface area contributed by atoms with Crippen molar-refractivity contribution in [2.45, 2.75) is 25.3 Å². The van der Waals surface area contributed by atoms with Crippen LogP contribution in [-0.2, 0) is 6.54 Å². The molecule has 0 unspecified atom stereocenters. The average molecular weight is 274 g/mol. The maximum Gasteiger partial charge on any atom is 0.347 e. The molecule has 1 fully saturated rings. The monoisotopic (exact) mass is 274 g/mol. The largest absolute Gasteiger partial charge is 0.477 e. The van der Waals surface area contributed by atoms with E-state index < -0.39 is 5.97 Å². The highest BCUT2D eigenvalue weighted by Gasteiger charge is 2.32. The van der Waals surface area contributed by atoms with Gasteiger partial charge in [-0.1, -0.05) is 18.2 Å². The number of carboxylic acids is 1. The number of aromatic nitrogens is 1. The zero-order valence-electron chi connectivity index (χ0n) is 10.3. The first kappa shape index (κ1) is 12.3. The van der Waals surface area contributed by atoms with E-state index in [2.05, 4.69) is 4.98 Å². The highest BCUT2D eigenvalue weighted by molar-refractivity contribution is 7.17. The van der Waals surface area contributed by atoms with Gasteiger partial charge in [-0.2, -0.15) is 0 Å². The topological polar surface area (TPSA) is 76.2 Å². The molecule has 3 N–H and O–H groups in total. The zero-order valence-corrected chi connectivity index (χ0v) is 11.1. The fourth-order valence-electron chi connectivity index (χ4n) is 2.07. The number of rotatable bonds is 4. The molecule has 1 heterocycles. The summed E-state index contributed by atoms with van der Waals surface area (Å²) in [5, 5.41) is 10.0. The Morgan fingerprint density at radius 1 is 1.47 bits per heavy atom. The third kappa shape index (κ3) is 2.39. The number of benzene rings is 1. The maximum atomic E-state index is 11.3. The highest BCUT2D eigenvalue weighted by atomic mass is 32.1. The summed E-state index contributed by atoms with van der Waals surface area (Å²) in [7, 11) is 0. The van der Waals surface area contributed by atoms with Crippen LogP contribution in [0.4, 0.5) is 0 Å². The third-order valence-corrected chi connectivity index (χ3v) is 4.33. The number of carboxylic acid groups (broad SMARTS) is 1. The van der Waals surface area contributed by atoms with E-state index >= 15 is 0 Å². The molecule has 0 bridgehead atoms. The Morgan fingerprint density at radius 2 is 2.26 bits per heavy atom. The standard InChI is InChI=1S/C14H14N2O2S/c15-7-8-2-1-3-10(6-8)13-16-11(9-4-5-9)12(19-13)14(17)18/h1-3,6,9H,4-5,7,15H2,(H,17,18). The van der Waals surface area contributed by atoms with Crippen molar-refractivity contribution >= 4 is 17.3 Å². The van der Waals surface area contributed by atoms with E-state index in [1.807, 2.05) is 24.3 Å². The first-order chi connectivity index (χ1) is 9.19. The van der Waals surface area contributed by atoms with E-state index in [0.717, 1.165) is 34.7 Å². The van der Waals surface area contributed by atoms with E-state index in [1.54, 1.807) is 0 Å². The molecule has 0 aliphatic heterocycles. The summed E-state index contributed by atoms with van der Waals surface area (Å²) >= 11 is 1.26. The SMILES string of the molecule is NCc1cccc(-c2nc(C3CC3)c(C(=O)O)s2)c1. The van der Waals surface area contributed by atoms with Gasteiger partial charge in [0.25, 0.3) is 0 Å². The van der Waals surface area contributed by atoms with Crippen LogP contribution < -0.4 is 5.73 Å². The van der Waals surface area contributed by atoms with Gasteiger partial charge in [0.05, 0.1) is 5.69 Å². The van der Waals surface area contributed by atoms with Crippen LogP contribution in [-0.4, -0.2) is 16.1 Å². The van der Waals surface area contributed by atoms with Crippen molar-refractivity contribution in [3.8, 4) is 10.6 Å². The van der Waals surface area contributed by atoms with Crippen molar-refractivity contribution in [1.82, 2.24) is 4.98 Å². The molecule has 98 valence electrons. The van der Waals surface area contributed by atoms with Crippen molar-refractivity contribution in [2.75, 3.05) is 0 Å². The van der Waals surface area contributed by atoms with E-state index in [-0.39, 0.29) is 0 Å². The molecular weight excluding hydrogens is 260 g/mol. The van der Waals surface area contributed by atoms with Crippen LogP contribution >= 0.6 is 11.3 Å². The predicted octanol–water partition coefficient (Wildman–Crippen LogP) is 2.84. The number of thiazole rings is 1. The van der Waals surface area contributed by atoms with Gasteiger partial charge in [-0.15, -0.1) is 11.3 Å². The van der Waals surface area contributed by atoms with Crippen molar-refractivity contribution in [3.05, 3.63) is 40.4 Å². The van der Waals surface area contributed by atoms with E-state index in [9.17, 15) is 9.90 Å². The Hall–Kier alpha value is -1.72. The lowest BCUT2D eigenvalue weighted by atomic mass is 10.1. The first-order valence-electron chi connectivity index (χ1n) is 6.22. The molecule has 3 rings (SSSR count).